The molecule has 0 aliphatic carbocycles. The van der Waals surface area contributed by atoms with Gasteiger partial charge in [0.15, 0.2) is 0 Å². The normalized spacial score (nSPS) is 13.0. The molecule has 0 saturated carbocycles. The Morgan fingerprint density at radius 2 is 1.22 bits per heavy atom. The molecule has 9 heteroatoms. The number of alkyl halides is 7. The average molecular weight is 466 g/mol. The molecule has 0 spiro atoms. The Bertz CT molecular complexity index is 810. The number of hydrogen-bond acceptors (Lipinski definition) is 1. The summed E-state index contributed by atoms with van der Waals surface area (Å²) in [5, 5.41) is 0. The van der Waals surface area contributed by atoms with Crippen LogP contribution in [0, 0.1) is 0 Å². The minimum Gasteiger partial charge on any atom is -0.269 e. The summed E-state index contributed by atoms with van der Waals surface area (Å²) in [6, 6.07) is -3.17. The fourth-order valence-corrected chi connectivity index (χ4v) is 3.56. The zero-order valence-corrected chi connectivity index (χ0v) is 18.1. The first-order chi connectivity index (χ1) is 15.0. The van der Waals surface area contributed by atoms with Crippen LogP contribution in [0.4, 0.5) is 30.7 Å². The van der Waals surface area contributed by atoms with Crippen molar-refractivity contribution < 1.29 is 30.7 Å². The van der Waals surface area contributed by atoms with E-state index in [1.165, 1.54) is 25.7 Å². The van der Waals surface area contributed by atoms with Gasteiger partial charge in [0.1, 0.15) is 5.82 Å². The topological polar surface area (TPSA) is 17.8 Å². The van der Waals surface area contributed by atoms with Crippen molar-refractivity contribution in [2.75, 3.05) is 0 Å². The lowest BCUT2D eigenvalue weighted by atomic mass is 10.0. The van der Waals surface area contributed by atoms with Crippen LogP contribution in [0.25, 0.3) is 0 Å². The average Bonchev–Trinajstić information content (AvgIpc) is 3.21. The van der Waals surface area contributed by atoms with Gasteiger partial charge in [-0.2, -0.15) is 30.7 Å². The van der Waals surface area contributed by atoms with Crippen LogP contribution in [-0.2, 0) is 24.6 Å². The lowest BCUT2D eigenvalue weighted by Gasteiger charge is -2.29. The van der Waals surface area contributed by atoms with E-state index in [1.54, 1.807) is 0 Å². The highest BCUT2D eigenvalue weighted by atomic mass is 19.4. The molecule has 0 atom stereocenters. The van der Waals surface area contributed by atoms with Gasteiger partial charge >= 0.3 is 18.1 Å². The first-order valence-corrected chi connectivity index (χ1v) is 11.0. The Kier molecular flexibility index (Phi) is 9.16. The minimum atomic E-state index is -4.75. The third-order valence-electron chi connectivity index (χ3n) is 5.48. The molecule has 0 aliphatic rings. The third-order valence-corrected chi connectivity index (χ3v) is 5.48. The zero-order valence-electron chi connectivity index (χ0n) is 18.1. The van der Waals surface area contributed by atoms with E-state index in [2.05, 4.69) is 11.9 Å². The number of hydrogen-bond donors (Lipinski definition) is 0. The highest BCUT2D eigenvalue weighted by Gasteiger charge is 2.59. The van der Waals surface area contributed by atoms with Crippen molar-refractivity contribution in [3.05, 3.63) is 53.6 Å². The van der Waals surface area contributed by atoms with Crippen LogP contribution in [-0.4, -0.2) is 9.55 Å². The van der Waals surface area contributed by atoms with Gasteiger partial charge in [-0.1, -0.05) is 70.4 Å². The Morgan fingerprint density at radius 1 is 0.719 bits per heavy atom. The molecule has 0 amide bonds. The maximum Gasteiger partial charge on any atom is 0.416 e. The van der Waals surface area contributed by atoms with E-state index in [4.69, 9.17) is 0 Å². The van der Waals surface area contributed by atoms with Gasteiger partial charge in [-0.25, -0.2) is 4.98 Å². The summed E-state index contributed by atoms with van der Waals surface area (Å²) in [4.78, 5) is 3.80. The maximum absolute atomic E-state index is 14.8. The molecule has 0 N–H and O–H groups in total. The minimum absolute atomic E-state index is 0.113. The van der Waals surface area contributed by atoms with Crippen LogP contribution in [0.5, 0.6) is 0 Å². The van der Waals surface area contributed by atoms with Crippen molar-refractivity contribution in [1.29, 1.82) is 0 Å². The standard InChI is InChI=1S/C23H29F7N2/c1-2-3-4-5-6-7-8-9-10-11-20-31-16-17-32(20)23(29,30)21(24,25)18-12-14-19(15-13-18)22(26,27)28/h12-17H,2-11H2,1H3. The quantitative estimate of drug-likeness (QED) is 0.214. The summed E-state index contributed by atoms with van der Waals surface area (Å²) in [7, 11) is 0. The fraction of sp³-hybridized carbons (Fsp3) is 0.609. The Morgan fingerprint density at radius 3 is 1.75 bits per heavy atom. The second kappa shape index (κ2) is 11.2. The van der Waals surface area contributed by atoms with Crippen molar-refractivity contribution in [2.45, 2.75) is 89.3 Å². The van der Waals surface area contributed by atoms with E-state index in [0.29, 0.717) is 30.7 Å². The Hall–Kier alpha value is -2.06. The second-order valence-electron chi connectivity index (χ2n) is 7.98. The number of imidazole rings is 1. The van der Waals surface area contributed by atoms with Crippen LogP contribution in [0.15, 0.2) is 36.7 Å². The second-order valence-corrected chi connectivity index (χ2v) is 7.98. The number of aryl methyl sites for hydroxylation is 1. The summed E-state index contributed by atoms with van der Waals surface area (Å²) in [6.45, 7) is 2.15. The number of unbranched alkanes of at least 4 members (excludes halogenated alkanes) is 8. The van der Waals surface area contributed by atoms with Gasteiger partial charge in [-0.15, -0.1) is 0 Å². The van der Waals surface area contributed by atoms with Crippen LogP contribution < -0.4 is 0 Å². The van der Waals surface area contributed by atoms with E-state index < -0.39 is 29.3 Å². The molecule has 0 bridgehead atoms. The number of nitrogens with zero attached hydrogens (tertiary/aromatic N) is 2. The molecule has 1 heterocycles. The molecule has 2 rings (SSSR count). The molecular weight excluding hydrogens is 437 g/mol. The van der Waals surface area contributed by atoms with Crippen molar-refractivity contribution in [3.63, 3.8) is 0 Å². The fourth-order valence-electron chi connectivity index (χ4n) is 3.56. The molecule has 0 radical (unpaired) electrons. The number of benzene rings is 1. The van der Waals surface area contributed by atoms with Crippen molar-refractivity contribution in [2.24, 2.45) is 0 Å². The lowest BCUT2D eigenvalue weighted by molar-refractivity contribution is -0.268. The van der Waals surface area contributed by atoms with Crippen molar-refractivity contribution >= 4 is 0 Å². The van der Waals surface area contributed by atoms with E-state index >= 15 is 0 Å². The number of halogens is 7. The van der Waals surface area contributed by atoms with E-state index in [0.717, 1.165) is 38.1 Å². The first-order valence-electron chi connectivity index (χ1n) is 11.0. The number of rotatable bonds is 13. The molecule has 32 heavy (non-hydrogen) atoms. The summed E-state index contributed by atoms with van der Waals surface area (Å²) in [5.74, 6) is -4.89. The molecule has 2 nitrogen and oxygen atoms in total. The predicted molar refractivity (Wildman–Crippen MR) is 109 cm³/mol. The molecular formula is C23H29F7N2. The Labute approximate surface area is 183 Å². The molecule has 180 valence electrons. The molecule has 0 saturated heterocycles. The number of aromatic nitrogens is 2. The van der Waals surface area contributed by atoms with E-state index in [1.807, 2.05) is 0 Å². The molecule has 1 aromatic heterocycles. The van der Waals surface area contributed by atoms with Crippen LogP contribution in [0.3, 0.4) is 0 Å². The van der Waals surface area contributed by atoms with Crippen LogP contribution >= 0.6 is 0 Å². The molecule has 0 fully saturated rings. The summed E-state index contributed by atoms with van der Waals surface area (Å²) in [6.07, 6.45) is 6.35. The summed E-state index contributed by atoms with van der Waals surface area (Å²) >= 11 is 0. The Balaban J connectivity index is 1.98. The maximum atomic E-state index is 14.8. The van der Waals surface area contributed by atoms with E-state index in [9.17, 15) is 30.7 Å². The van der Waals surface area contributed by atoms with Crippen molar-refractivity contribution in [1.82, 2.24) is 9.55 Å². The summed E-state index contributed by atoms with van der Waals surface area (Å²) < 4.78 is 96.9. The van der Waals surface area contributed by atoms with Gasteiger partial charge in [0.2, 0.25) is 0 Å². The highest BCUT2D eigenvalue weighted by molar-refractivity contribution is 5.28. The molecule has 2 aromatic rings. The molecule has 0 unspecified atom stereocenters. The predicted octanol–water partition coefficient (Wildman–Crippen LogP) is 8.32. The largest absolute Gasteiger partial charge is 0.416 e. The zero-order chi connectivity index (χ0) is 23.8. The SMILES string of the molecule is CCCCCCCCCCCc1nccn1C(F)(F)C(F)(F)c1ccc(C(F)(F)F)cc1. The monoisotopic (exact) mass is 466 g/mol. The van der Waals surface area contributed by atoms with Gasteiger partial charge in [-0.05, 0) is 18.6 Å². The summed E-state index contributed by atoms with van der Waals surface area (Å²) in [5.41, 5.74) is -2.38. The van der Waals surface area contributed by atoms with E-state index in [-0.39, 0.29) is 16.8 Å². The first kappa shape index (κ1) is 26.2. The van der Waals surface area contributed by atoms with Crippen LogP contribution in [0.2, 0.25) is 0 Å². The van der Waals surface area contributed by atoms with Gasteiger partial charge in [0.25, 0.3) is 0 Å². The van der Waals surface area contributed by atoms with Crippen LogP contribution in [0.1, 0.15) is 81.7 Å². The van der Waals surface area contributed by atoms with Gasteiger partial charge < -0.3 is 0 Å². The molecule has 1 aromatic carbocycles. The highest BCUT2D eigenvalue weighted by Crippen LogP contribution is 2.47. The third kappa shape index (κ3) is 6.48. The van der Waals surface area contributed by atoms with Gasteiger partial charge in [0.05, 0.1) is 5.56 Å². The smallest absolute Gasteiger partial charge is 0.269 e. The van der Waals surface area contributed by atoms with Crippen molar-refractivity contribution in [3.8, 4) is 0 Å². The lowest BCUT2D eigenvalue weighted by Crippen LogP contribution is -2.41. The van der Waals surface area contributed by atoms with Gasteiger partial charge in [0, 0.05) is 24.4 Å². The molecule has 0 aliphatic heterocycles. The van der Waals surface area contributed by atoms with Gasteiger partial charge in [-0.3, -0.25) is 4.57 Å².